The van der Waals surface area contributed by atoms with E-state index in [0.29, 0.717) is 24.7 Å². The molecule has 0 aromatic carbocycles. The minimum absolute atomic E-state index is 0.0120. The fraction of sp³-hybridized carbons (Fsp3) is 0.722. The quantitative estimate of drug-likeness (QED) is 0.891. The van der Waals surface area contributed by atoms with Gasteiger partial charge in [-0.2, -0.15) is 5.10 Å². The summed E-state index contributed by atoms with van der Waals surface area (Å²) >= 11 is 0. The zero-order valence-corrected chi connectivity index (χ0v) is 15.3. The van der Waals surface area contributed by atoms with Crippen LogP contribution in [0.2, 0.25) is 0 Å². The molecule has 0 spiro atoms. The second-order valence-corrected chi connectivity index (χ2v) is 8.01. The van der Waals surface area contributed by atoms with Gasteiger partial charge in [0, 0.05) is 31.9 Å². The number of hydrogen-bond donors (Lipinski definition) is 1. The van der Waals surface area contributed by atoms with Gasteiger partial charge in [0.1, 0.15) is 11.3 Å². The standard InChI is InChI=1S/C18H28N4O3/c1-18(2,3)25-17(24)21-11-8-13(12-21)15-6-4-5-10-22(15)16(23)14-7-9-19-20-14/h7,9,13,15H,4-6,8,10-12H2,1-3H3,(H,19,20)/t13-,15-/m1/s1. The van der Waals surface area contributed by atoms with Crippen molar-refractivity contribution in [3.8, 4) is 0 Å². The van der Waals surface area contributed by atoms with Crippen LogP contribution in [0.25, 0.3) is 0 Å². The molecule has 7 heteroatoms. The number of carbonyl (C=O) groups is 2. The molecule has 1 N–H and O–H groups in total. The lowest BCUT2D eigenvalue weighted by Crippen LogP contribution is -2.48. The van der Waals surface area contributed by atoms with Crippen LogP contribution in [0.4, 0.5) is 4.79 Å². The van der Waals surface area contributed by atoms with E-state index in [1.54, 1.807) is 17.2 Å². The van der Waals surface area contributed by atoms with Gasteiger partial charge in [0.05, 0.1) is 0 Å². The van der Waals surface area contributed by atoms with Crippen LogP contribution in [0, 0.1) is 5.92 Å². The predicted molar refractivity (Wildman–Crippen MR) is 93.2 cm³/mol. The Hall–Kier alpha value is -2.05. The molecule has 0 radical (unpaired) electrons. The first-order chi connectivity index (χ1) is 11.8. The molecule has 0 saturated carbocycles. The van der Waals surface area contributed by atoms with Crippen molar-refractivity contribution in [1.29, 1.82) is 0 Å². The molecule has 7 nitrogen and oxygen atoms in total. The Morgan fingerprint density at radius 3 is 2.72 bits per heavy atom. The van der Waals surface area contributed by atoms with Crippen LogP contribution >= 0.6 is 0 Å². The molecule has 25 heavy (non-hydrogen) atoms. The lowest BCUT2D eigenvalue weighted by Gasteiger charge is -2.39. The zero-order valence-electron chi connectivity index (χ0n) is 15.3. The maximum Gasteiger partial charge on any atom is 0.410 e. The Morgan fingerprint density at radius 1 is 1.24 bits per heavy atom. The van der Waals surface area contributed by atoms with E-state index in [0.717, 1.165) is 32.2 Å². The third-order valence-electron chi connectivity index (χ3n) is 4.96. The molecular weight excluding hydrogens is 320 g/mol. The largest absolute Gasteiger partial charge is 0.444 e. The first-order valence-electron chi connectivity index (χ1n) is 9.13. The molecule has 3 rings (SSSR count). The molecule has 2 amide bonds. The first-order valence-corrected chi connectivity index (χ1v) is 9.13. The van der Waals surface area contributed by atoms with E-state index in [9.17, 15) is 9.59 Å². The third-order valence-corrected chi connectivity index (χ3v) is 4.96. The van der Waals surface area contributed by atoms with Crippen molar-refractivity contribution in [2.24, 2.45) is 5.92 Å². The highest BCUT2D eigenvalue weighted by molar-refractivity contribution is 5.92. The molecule has 0 unspecified atom stereocenters. The van der Waals surface area contributed by atoms with Crippen LogP contribution < -0.4 is 0 Å². The van der Waals surface area contributed by atoms with Crippen molar-refractivity contribution in [3.63, 3.8) is 0 Å². The molecule has 1 aromatic rings. The second kappa shape index (κ2) is 7.06. The van der Waals surface area contributed by atoms with Crippen molar-refractivity contribution in [2.75, 3.05) is 19.6 Å². The summed E-state index contributed by atoms with van der Waals surface area (Å²) in [4.78, 5) is 28.8. The van der Waals surface area contributed by atoms with Gasteiger partial charge in [-0.05, 0) is 58.4 Å². The van der Waals surface area contributed by atoms with E-state index < -0.39 is 5.60 Å². The number of amides is 2. The Balaban J connectivity index is 1.65. The highest BCUT2D eigenvalue weighted by Gasteiger charge is 2.39. The van der Waals surface area contributed by atoms with Gasteiger partial charge >= 0.3 is 6.09 Å². The molecule has 2 saturated heterocycles. The van der Waals surface area contributed by atoms with Crippen LogP contribution in [-0.4, -0.2) is 63.3 Å². The molecule has 138 valence electrons. The number of carbonyl (C=O) groups excluding carboxylic acids is 2. The average molecular weight is 348 g/mol. The van der Waals surface area contributed by atoms with Crippen molar-refractivity contribution in [2.45, 2.75) is 58.1 Å². The van der Waals surface area contributed by atoms with E-state index in [2.05, 4.69) is 10.2 Å². The van der Waals surface area contributed by atoms with E-state index in [1.807, 2.05) is 25.7 Å². The average Bonchev–Trinajstić information content (AvgIpc) is 3.24. The summed E-state index contributed by atoms with van der Waals surface area (Å²) in [5, 5.41) is 6.66. The molecule has 2 fully saturated rings. The van der Waals surface area contributed by atoms with Gasteiger partial charge in [0.2, 0.25) is 0 Å². The van der Waals surface area contributed by atoms with Crippen LogP contribution in [0.5, 0.6) is 0 Å². The number of aromatic nitrogens is 2. The van der Waals surface area contributed by atoms with Crippen LogP contribution in [0.15, 0.2) is 12.3 Å². The third kappa shape index (κ3) is 4.14. The summed E-state index contributed by atoms with van der Waals surface area (Å²) in [6, 6.07) is 1.90. The van der Waals surface area contributed by atoms with Gasteiger partial charge in [0.25, 0.3) is 5.91 Å². The lowest BCUT2D eigenvalue weighted by atomic mass is 9.89. The molecule has 0 bridgehead atoms. The van der Waals surface area contributed by atoms with Crippen molar-refractivity contribution in [1.82, 2.24) is 20.0 Å². The fourth-order valence-corrected chi connectivity index (χ4v) is 3.82. The summed E-state index contributed by atoms with van der Waals surface area (Å²) < 4.78 is 5.48. The number of ether oxygens (including phenoxy) is 1. The Kier molecular flexibility index (Phi) is 5.01. The number of piperidine rings is 1. The summed E-state index contributed by atoms with van der Waals surface area (Å²) in [5.74, 6) is 0.317. The van der Waals surface area contributed by atoms with Gasteiger partial charge in [-0.25, -0.2) is 4.79 Å². The van der Waals surface area contributed by atoms with Gasteiger partial charge in [-0.1, -0.05) is 0 Å². The first kappa shape index (κ1) is 17.8. The lowest BCUT2D eigenvalue weighted by molar-refractivity contribution is 0.0269. The molecule has 3 heterocycles. The van der Waals surface area contributed by atoms with Crippen LogP contribution in [0.3, 0.4) is 0 Å². The van der Waals surface area contributed by atoms with E-state index in [1.165, 1.54) is 0 Å². The number of nitrogens with zero attached hydrogens (tertiary/aromatic N) is 3. The van der Waals surface area contributed by atoms with Crippen LogP contribution in [0.1, 0.15) is 56.9 Å². The number of aromatic amines is 1. The topological polar surface area (TPSA) is 78.5 Å². The molecule has 2 aliphatic heterocycles. The maximum absolute atomic E-state index is 12.8. The fourth-order valence-electron chi connectivity index (χ4n) is 3.82. The number of hydrogen-bond acceptors (Lipinski definition) is 4. The van der Waals surface area contributed by atoms with Crippen molar-refractivity contribution < 1.29 is 14.3 Å². The minimum Gasteiger partial charge on any atom is -0.444 e. The summed E-state index contributed by atoms with van der Waals surface area (Å²) in [6.45, 7) is 7.76. The van der Waals surface area contributed by atoms with Gasteiger partial charge in [0.15, 0.2) is 0 Å². The van der Waals surface area contributed by atoms with Gasteiger partial charge in [-0.3, -0.25) is 9.89 Å². The van der Waals surface area contributed by atoms with Gasteiger partial charge in [-0.15, -0.1) is 0 Å². The summed E-state index contributed by atoms with van der Waals surface area (Å²) in [5.41, 5.74) is 0.0525. The molecular formula is C18H28N4O3. The molecule has 2 aliphatic rings. The summed E-state index contributed by atoms with van der Waals surface area (Å²) in [6.07, 6.45) is 5.41. The number of nitrogens with one attached hydrogen (secondary N) is 1. The van der Waals surface area contributed by atoms with Crippen molar-refractivity contribution >= 4 is 12.0 Å². The Bertz CT molecular complexity index is 608. The zero-order chi connectivity index (χ0) is 18.0. The highest BCUT2D eigenvalue weighted by Crippen LogP contribution is 2.31. The van der Waals surface area contributed by atoms with Crippen LogP contribution in [-0.2, 0) is 4.74 Å². The molecule has 1 aromatic heterocycles. The number of likely N-dealkylation sites (tertiary alicyclic amines) is 2. The predicted octanol–water partition coefficient (Wildman–Crippen LogP) is 2.66. The number of rotatable bonds is 2. The highest BCUT2D eigenvalue weighted by atomic mass is 16.6. The monoisotopic (exact) mass is 348 g/mol. The molecule has 0 aliphatic carbocycles. The van der Waals surface area contributed by atoms with Gasteiger partial charge < -0.3 is 14.5 Å². The SMILES string of the molecule is CC(C)(C)OC(=O)N1CC[C@@H]([C@H]2CCCCN2C(=O)c2ccn[nH]2)C1. The molecule has 2 atom stereocenters. The number of H-pyrrole nitrogens is 1. The maximum atomic E-state index is 12.8. The van der Waals surface area contributed by atoms with E-state index in [4.69, 9.17) is 4.74 Å². The Morgan fingerprint density at radius 2 is 2.04 bits per heavy atom. The van der Waals surface area contributed by atoms with E-state index >= 15 is 0 Å². The second-order valence-electron chi connectivity index (χ2n) is 8.01. The van der Waals surface area contributed by atoms with Crippen molar-refractivity contribution in [3.05, 3.63) is 18.0 Å². The summed E-state index contributed by atoms with van der Waals surface area (Å²) in [7, 11) is 0. The Labute approximate surface area is 148 Å². The normalized spacial score (nSPS) is 24.4. The van der Waals surface area contributed by atoms with E-state index in [-0.39, 0.29) is 18.0 Å². The minimum atomic E-state index is -0.484. The smallest absolute Gasteiger partial charge is 0.410 e.